The molecule has 3 heteroatoms. The molecule has 98 valence electrons. The molecule has 0 spiro atoms. The van der Waals surface area contributed by atoms with E-state index in [0.717, 1.165) is 18.5 Å². The molecule has 1 fully saturated rings. The lowest BCUT2D eigenvalue weighted by Gasteiger charge is -2.16. The van der Waals surface area contributed by atoms with E-state index >= 15 is 0 Å². The lowest BCUT2D eigenvalue weighted by atomic mass is 10.0. The van der Waals surface area contributed by atoms with Gasteiger partial charge < -0.3 is 11.1 Å². The summed E-state index contributed by atoms with van der Waals surface area (Å²) in [6.45, 7) is 2.97. The zero-order chi connectivity index (χ0) is 13.0. The van der Waals surface area contributed by atoms with Crippen molar-refractivity contribution in [2.45, 2.75) is 38.6 Å². The van der Waals surface area contributed by atoms with Crippen LogP contribution in [0.2, 0.25) is 0 Å². The number of carbonyl (C=O) groups excluding carboxylic acids is 1. The van der Waals surface area contributed by atoms with Gasteiger partial charge in [-0.25, -0.2) is 0 Å². The summed E-state index contributed by atoms with van der Waals surface area (Å²) in [5, 5.41) is 2.99. The van der Waals surface area contributed by atoms with Crippen molar-refractivity contribution in [2.24, 2.45) is 11.1 Å². The average molecular weight is 246 g/mol. The first-order chi connectivity index (χ1) is 8.65. The van der Waals surface area contributed by atoms with Gasteiger partial charge in [-0.3, -0.25) is 4.79 Å². The highest BCUT2D eigenvalue weighted by atomic mass is 16.2. The molecule has 1 saturated carbocycles. The Labute approximate surface area is 109 Å². The molecular formula is C15H22N2O. The molecule has 0 aromatic heterocycles. The summed E-state index contributed by atoms with van der Waals surface area (Å²) in [7, 11) is 0. The molecule has 3 N–H and O–H groups in total. The maximum absolute atomic E-state index is 11.9. The molecule has 0 bridgehead atoms. The predicted molar refractivity (Wildman–Crippen MR) is 73.1 cm³/mol. The third-order valence-corrected chi connectivity index (χ3v) is 3.98. The fourth-order valence-electron chi connectivity index (χ4n) is 2.20. The van der Waals surface area contributed by atoms with Gasteiger partial charge in [0.25, 0.3) is 0 Å². The van der Waals surface area contributed by atoms with E-state index in [0.29, 0.717) is 11.8 Å². The fraction of sp³-hybridized carbons (Fsp3) is 0.533. The van der Waals surface area contributed by atoms with Gasteiger partial charge in [0.1, 0.15) is 0 Å². The molecular weight excluding hydrogens is 224 g/mol. The van der Waals surface area contributed by atoms with E-state index < -0.39 is 6.04 Å². The Morgan fingerprint density at radius 3 is 2.61 bits per heavy atom. The van der Waals surface area contributed by atoms with Gasteiger partial charge in [-0.15, -0.1) is 0 Å². The molecule has 1 aromatic carbocycles. The average Bonchev–Trinajstić information content (AvgIpc) is 3.18. The van der Waals surface area contributed by atoms with Crippen LogP contribution < -0.4 is 11.1 Å². The van der Waals surface area contributed by atoms with Crippen LogP contribution in [0.1, 0.15) is 31.7 Å². The normalized spacial score (nSPS) is 18.1. The van der Waals surface area contributed by atoms with E-state index in [1.54, 1.807) is 0 Å². The number of carbonyl (C=O) groups is 1. The van der Waals surface area contributed by atoms with Crippen LogP contribution in [-0.4, -0.2) is 18.5 Å². The predicted octanol–water partition coefficient (Wildman–Crippen LogP) is 1.86. The van der Waals surface area contributed by atoms with Gasteiger partial charge in [-0.1, -0.05) is 37.3 Å². The second-order valence-electron chi connectivity index (χ2n) is 5.37. The van der Waals surface area contributed by atoms with E-state index in [1.807, 2.05) is 30.3 Å². The van der Waals surface area contributed by atoms with Gasteiger partial charge in [0.05, 0.1) is 6.04 Å². The Bertz CT molecular complexity index is 398. The summed E-state index contributed by atoms with van der Waals surface area (Å²) in [6.07, 6.45) is 4.21. The Kier molecular flexibility index (Phi) is 4.02. The minimum atomic E-state index is -0.444. The summed E-state index contributed by atoms with van der Waals surface area (Å²) in [5.74, 6) is -0.0291. The number of nitrogens with two attached hydrogens (primary N) is 1. The fourth-order valence-corrected chi connectivity index (χ4v) is 2.20. The smallest absolute Gasteiger partial charge is 0.237 e. The maximum Gasteiger partial charge on any atom is 0.237 e. The van der Waals surface area contributed by atoms with Crippen molar-refractivity contribution in [3.63, 3.8) is 0 Å². The molecule has 1 aromatic rings. The van der Waals surface area contributed by atoms with Crippen molar-refractivity contribution in [3.8, 4) is 0 Å². The summed E-state index contributed by atoms with van der Waals surface area (Å²) in [4.78, 5) is 11.9. The quantitative estimate of drug-likeness (QED) is 0.805. The van der Waals surface area contributed by atoms with Gasteiger partial charge in [0.15, 0.2) is 0 Å². The summed E-state index contributed by atoms with van der Waals surface area (Å²) in [6, 6.07) is 9.46. The number of nitrogens with one attached hydrogen (secondary N) is 1. The van der Waals surface area contributed by atoms with Crippen molar-refractivity contribution in [1.82, 2.24) is 5.32 Å². The minimum Gasteiger partial charge on any atom is -0.354 e. The highest BCUT2D eigenvalue weighted by molar-refractivity contribution is 5.81. The first kappa shape index (κ1) is 13.1. The SMILES string of the molecule is CCC1(CNC(=O)[C@@H](N)Cc2ccccc2)CC1. The van der Waals surface area contributed by atoms with Crippen molar-refractivity contribution in [3.05, 3.63) is 35.9 Å². The van der Waals surface area contributed by atoms with Crippen LogP contribution in [0.5, 0.6) is 0 Å². The second-order valence-corrected chi connectivity index (χ2v) is 5.37. The van der Waals surface area contributed by atoms with Crippen LogP contribution in [0.15, 0.2) is 30.3 Å². The topological polar surface area (TPSA) is 55.1 Å². The molecule has 0 saturated heterocycles. The first-order valence-electron chi connectivity index (χ1n) is 6.72. The number of benzene rings is 1. The van der Waals surface area contributed by atoms with Crippen molar-refractivity contribution >= 4 is 5.91 Å². The number of hydrogen-bond acceptors (Lipinski definition) is 2. The van der Waals surface area contributed by atoms with E-state index in [-0.39, 0.29) is 5.91 Å². The molecule has 18 heavy (non-hydrogen) atoms. The zero-order valence-corrected chi connectivity index (χ0v) is 11.0. The summed E-state index contributed by atoms with van der Waals surface area (Å²) >= 11 is 0. The van der Waals surface area contributed by atoms with Crippen LogP contribution >= 0.6 is 0 Å². The Hall–Kier alpha value is -1.35. The molecule has 1 aliphatic carbocycles. The first-order valence-corrected chi connectivity index (χ1v) is 6.72. The van der Waals surface area contributed by atoms with E-state index in [2.05, 4.69) is 12.2 Å². The number of rotatable bonds is 6. The molecule has 1 atom stereocenters. The third kappa shape index (κ3) is 3.33. The Morgan fingerprint density at radius 1 is 1.39 bits per heavy atom. The van der Waals surface area contributed by atoms with Crippen LogP contribution in [0, 0.1) is 5.41 Å². The zero-order valence-electron chi connectivity index (χ0n) is 11.0. The Morgan fingerprint density at radius 2 is 2.06 bits per heavy atom. The lowest BCUT2D eigenvalue weighted by Crippen LogP contribution is -2.43. The molecule has 3 nitrogen and oxygen atoms in total. The molecule has 0 heterocycles. The molecule has 0 aliphatic heterocycles. The van der Waals surface area contributed by atoms with Crippen molar-refractivity contribution < 1.29 is 4.79 Å². The van der Waals surface area contributed by atoms with Gasteiger partial charge in [-0.2, -0.15) is 0 Å². The number of hydrogen-bond donors (Lipinski definition) is 2. The van der Waals surface area contributed by atoms with Gasteiger partial charge in [0, 0.05) is 6.54 Å². The molecule has 0 unspecified atom stereocenters. The van der Waals surface area contributed by atoms with Gasteiger partial charge in [-0.05, 0) is 36.7 Å². The van der Waals surface area contributed by atoms with Crippen molar-refractivity contribution in [2.75, 3.05) is 6.54 Å². The highest BCUT2D eigenvalue weighted by Crippen LogP contribution is 2.47. The Balaban J connectivity index is 1.78. The van der Waals surface area contributed by atoms with Gasteiger partial charge >= 0.3 is 0 Å². The van der Waals surface area contributed by atoms with Crippen molar-refractivity contribution in [1.29, 1.82) is 0 Å². The summed E-state index contributed by atoms with van der Waals surface area (Å²) in [5.41, 5.74) is 7.41. The molecule has 1 aliphatic rings. The van der Waals surface area contributed by atoms with E-state index in [1.165, 1.54) is 12.8 Å². The van der Waals surface area contributed by atoms with Gasteiger partial charge in [0.2, 0.25) is 5.91 Å². The maximum atomic E-state index is 11.9. The minimum absolute atomic E-state index is 0.0291. The standard InChI is InChI=1S/C15H22N2O/c1-2-15(8-9-15)11-17-14(18)13(16)10-12-6-4-3-5-7-12/h3-7,13H,2,8-11,16H2,1H3,(H,17,18)/t13-/m0/s1. The molecule has 1 amide bonds. The van der Waals surface area contributed by atoms with Crippen LogP contribution in [0.4, 0.5) is 0 Å². The monoisotopic (exact) mass is 246 g/mol. The van der Waals surface area contributed by atoms with Crippen LogP contribution in [0.25, 0.3) is 0 Å². The second kappa shape index (κ2) is 5.53. The molecule has 0 radical (unpaired) electrons. The largest absolute Gasteiger partial charge is 0.354 e. The summed E-state index contributed by atoms with van der Waals surface area (Å²) < 4.78 is 0. The lowest BCUT2D eigenvalue weighted by molar-refractivity contribution is -0.122. The highest BCUT2D eigenvalue weighted by Gasteiger charge is 2.40. The third-order valence-electron chi connectivity index (χ3n) is 3.98. The van der Waals surface area contributed by atoms with Crippen LogP contribution in [-0.2, 0) is 11.2 Å². The van der Waals surface area contributed by atoms with Crippen LogP contribution in [0.3, 0.4) is 0 Å². The van der Waals surface area contributed by atoms with E-state index in [4.69, 9.17) is 5.73 Å². The molecule has 2 rings (SSSR count). The number of amides is 1. The van der Waals surface area contributed by atoms with E-state index in [9.17, 15) is 4.79 Å².